The fraction of sp³-hybridized carbons (Fsp3) is 0.211. The number of fused-ring (bicyclic) bond motifs is 1. The van der Waals surface area contributed by atoms with Gasteiger partial charge in [0.05, 0.1) is 31.1 Å². The Morgan fingerprint density at radius 1 is 1.41 bits per heavy atom. The van der Waals surface area contributed by atoms with Crippen LogP contribution >= 0.6 is 23.4 Å². The molecular formula is C19H16ClN3O3S. The Kier molecular flexibility index (Phi) is 4.90. The van der Waals surface area contributed by atoms with Crippen molar-refractivity contribution >= 4 is 40.4 Å². The number of benzene rings is 1. The second-order valence-electron chi connectivity index (χ2n) is 5.99. The molecule has 2 unspecified atom stereocenters. The number of carbonyl (C=O) groups is 1. The average molecular weight is 402 g/mol. The number of thioether (sulfide) groups is 1. The van der Waals surface area contributed by atoms with Crippen molar-refractivity contribution in [3.63, 3.8) is 0 Å². The summed E-state index contributed by atoms with van der Waals surface area (Å²) in [4.78, 5) is 21.1. The fourth-order valence-corrected chi connectivity index (χ4v) is 4.33. The Morgan fingerprint density at radius 3 is 3.07 bits per heavy atom. The molecule has 6 nitrogen and oxygen atoms in total. The average Bonchev–Trinajstić information content (AvgIpc) is 3.31. The molecule has 0 bridgehead atoms. The Bertz CT molecular complexity index is 1010. The van der Waals surface area contributed by atoms with Crippen molar-refractivity contribution in [2.75, 3.05) is 7.11 Å². The monoisotopic (exact) mass is 401 g/mol. The van der Waals surface area contributed by atoms with E-state index in [-0.39, 0.29) is 12.6 Å². The lowest BCUT2D eigenvalue weighted by Crippen LogP contribution is -2.46. The van der Waals surface area contributed by atoms with Gasteiger partial charge in [0.2, 0.25) is 0 Å². The lowest BCUT2D eigenvalue weighted by atomic mass is 10.1. The molecule has 0 fully saturated rings. The molecule has 1 aromatic carbocycles. The zero-order chi connectivity index (χ0) is 18.9. The van der Waals surface area contributed by atoms with E-state index in [0.29, 0.717) is 5.02 Å². The normalized spacial score (nSPS) is 21.6. The van der Waals surface area contributed by atoms with Crippen molar-refractivity contribution < 1.29 is 14.3 Å². The van der Waals surface area contributed by atoms with Gasteiger partial charge in [-0.25, -0.2) is 4.98 Å². The number of aromatic nitrogens is 3. The second kappa shape index (κ2) is 7.34. The quantitative estimate of drug-likeness (QED) is 0.606. The van der Waals surface area contributed by atoms with Crippen molar-refractivity contribution in [1.29, 1.82) is 0 Å². The highest BCUT2D eigenvalue weighted by atomic mass is 35.5. The molecule has 3 aromatic rings. The van der Waals surface area contributed by atoms with Crippen LogP contribution in [0.1, 0.15) is 5.56 Å². The summed E-state index contributed by atoms with van der Waals surface area (Å²) in [6.45, 7) is 0.270. The molecule has 8 heteroatoms. The SMILES string of the molecule is COC(=O)C1SC=CC1(OCc1cccnc1)n1cnc2ccc(Cl)cc21. The van der Waals surface area contributed by atoms with E-state index in [1.54, 1.807) is 24.8 Å². The molecule has 2 atom stereocenters. The third-order valence-electron chi connectivity index (χ3n) is 4.39. The van der Waals surface area contributed by atoms with Gasteiger partial charge in [-0.05, 0) is 41.3 Å². The summed E-state index contributed by atoms with van der Waals surface area (Å²) in [7, 11) is 1.37. The molecule has 0 aliphatic carbocycles. The molecule has 0 radical (unpaired) electrons. The first-order valence-electron chi connectivity index (χ1n) is 8.21. The molecular weight excluding hydrogens is 386 g/mol. The Morgan fingerprint density at radius 2 is 2.30 bits per heavy atom. The predicted octanol–water partition coefficient (Wildman–Crippen LogP) is 3.76. The molecule has 1 aliphatic heterocycles. The van der Waals surface area contributed by atoms with Gasteiger partial charge in [0.15, 0.2) is 11.0 Å². The molecule has 0 N–H and O–H groups in total. The Hall–Kier alpha value is -2.35. The molecule has 0 amide bonds. The summed E-state index contributed by atoms with van der Waals surface area (Å²) >= 11 is 7.54. The number of pyridine rings is 1. The molecule has 3 heterocycles. The molecule has 1 aliphatic rings. The molecule has 0 saturated heterocycles. The lowest BCUT2D eigenvalue weighted by Gasteiger charge is -2.34. The minimum Gasteiger partial charge on any atom is -0.468 e. The first-order valence-corrected chi connectivity index (χ1v) is 9.53. The molecule has 27 heavy (non-hydrogen) atoms. The maximum absolute atomic E-state index is 12.5. The van der Waals surface area contributed by atoms with Crippen molar-refractivity contribution in [3.8, 4) is 0 Å². The van der Waals surface area contributed by atoms with E-state index in [9.17, 15) is 4.79 Å². The predicted molar refractivity (Wildman–Crippen MR) is 104 cm³/mol. The van der Waals surface area contributed by atoms with Gasteiger partial charge in [-0.1, -0.05) is 17.7 Å². The highest BCUT2D eigenvalue weighted by Crippen LogP contribution is 2.43. The molecule has 0 spiro atoms. The van der Waals surface area contributed by atoms with Crippen LogP contribution in [0.25, 0.3) is 11.0 Å². The highest BCUT2D eigenvalue weighted by molar-refractivity contribution is 8.03. The number of imidazole rings is 1. The van der Waals surface area contributed by atoms with Crippen LogP contribution in [-0.4, -0.2) is 32.9 Å². The Labute approximate surface area is 165 Å². The number of halogens is 1. The first kappa shape index (κ1) is 18.0. The summed E-state index contributed by atoms with van der Waals surface area (Å²) in [5.41, 5.74) is 1.34. The highest BCUT2D eigenvalue weighted by Gasteiger charge is 2.49. The van der Waals surface area contributed by atoms with Gasteiger partial charge >= 0.3 is 5.97 Å². The van der Waals surface area contributed by atoms with E-state index < -0.39 is 11.0 Å². The number of rotatable bonds is 5. The summed E-state index contributed by atoms with van der Waals surface area (Å²) in [5, 5.41) is 1.81. The second-order valence-corrected chi connectivity index (χ2v) is 7.44. The van der Waals surface area contributed by atoms with Crippen LogP contribution < -0.4 is 0 Å². The summed E-state index contributed by atoms with van der Waals surface area (Å²) < 4.78 is 13.2. The summed E-state index contributed by atoms with van der Waals surface area (Å²) in [5.74, 6) is -0.375. The van der Waals surface area contributed by atoms with Crippen LogP contribution in [0.5, 0.6) is 0 Å². The minimum atomic E-state index is -1.09. The summed E-state index contributed by atoms with van der Waals surface area (Å²) in [6, 6.07) is 9.19. The number of nitrogens with zero attached hydrogens (tertiary/aromatic N) is 3. The third-order valence-corrected chi connectivity index (χ3v) is 5.72. The van der Waals surface area contributed by atoms with Crippen LogP contribution in [-0.2, 0) is 26.6 Å². The molecule has 2 aromatic heterocycles. The zero-order valence-electron chi connectivity index (χ0n) is 14.4. The largest absolute Gasteiger partial charge is 0.468 e. The maximum Gasteiger partial charge on any atom is 0.324 e. The van der Waals surface area contributed by atoms with Crippen LogP contribution in [0.15, 0.2) is 60.5 Å². The third kappa shape index (κ3) is 3.22. The van der Waals surface area contributed by atoms with Crippen LogP contribution in [0, 0.1) is 0 Å². The zero-order valence-corrected chi connectivity index (χ0v) is 16.0. The van der Waals surface area contributed by atoms with Gasteiger partial charge in [0.1, 0.15) is 0 Å². The first-order chi connectivity index (χ1) is 13.1. The standard InChI is InChI=1S/C19H16ClN3O3S/c1-25-18(24)17-19(6-8-27-17,26-11-13-3-2-7-21-10-13)23-12-22-15-5-4-14(20)9-16(15)23/h2-10,12,17H,11H2,1H3. The topological polar surface area (TPSA) is 66.2 Å². The smallest absolute Gasteiger partial charge is 0.324 e. The summed E-state index contributed by atoms with van der Waals surface area (Å²) in [6.07, 6.45) is 6.96. The van der Waals surface area contributed by atoms with E-state index >= 15 is 0 Å². The van der Waals surface area contributed by atoms with Gasteiger partial charge in [-0.15, -0.1) is 11.8 Å². The van der Waals surface area contributed by atoms with Crippen LogP contribution in [0.3, 0.4) is 0 Å². The molecule has 0 saturated carbocycles. The molecule has 138 valence electrons. The van der Waals surface area contributed by atoms with Crippen molar-refractivity contribution in [3.05, 3.63) is 71.1 Å². The fourth-order valence-electron chi connectivity index (χ4n) is 3.07. The van der Waals surface area contributed by atoms with Crippen molar-refractivity contribution in [2.24, 2.45) is 0 Å². The van der Waals surface area contributed by atoms with Crippen molar-refractivity contribution in [2.45, 2.75) is 17.6 Å². The van der Waals surface area contributed by atoms with Gasteiger partial charge in [-0.2, -0.15) is 0 Å². The minimum absolute atomic E-state index is 0.270. The van der Waals surface area contributed by atoms with E-state index in [2.05, 4.69) is 9.97 Å². The number of ether oxygens (including phenoxy) is 2. The Balaban J connectivity index is 1.81. The van der Waals surface area contributed by atoms with Gasteiger partial charge < -0.3 is 9.47 Å². The number of esters is 1. The number of carbonyl (C=O) groups excluding carboxylic acids is 1. The molecule has 4 rings (SSSR count). The lowest BCUT2D eigenvalue weighted by molar-refractivity contribution is -0.151. The van der Waals surface area contributed by atoms with E-state index in [4.69, 9.17) is 21.1 Å². The maximum atomic E-state index is 12.5. The van der Waals surface area contributed by atoms with Gasteiger partial charge in [0, 0.05) is 17.4 Å². The van der Waals surface area contributed by atoms with Crippen LogP contribution in [0.4, 0.5) is 0 Å². The van der Waals surface area contributed by atoms with E-state index in [0.717, 1.165) is 16.6 Å². The van der Waals surface area contributed by atoms with Gasteiger partial charge in [-0.3, -0.25) is 14.3 Å². The van der Waals surface area contributed by atoms with E-state index in [1.807, 2.05) is 40.3 Å². The van der Waals surface area contributed by atoms with Crippen molar-refractivity contribution in [1.82, 2.24) is 14.5 Å². The number of methoxy groups -OCH3 is 1. The van der Waals surface area contributed by atoms with Crippen LogP contribution in [0.2, 0.25) is 5.02 Å². The number of hydrogen-bond acceptors (Lipinski definition) is 6. The number of hydrogen-bond donors (Lipinski definition) is 0. The van der Waals surface area contributed by atoms with Gasteiger partial charge in [0.25, 0.3) is 0 Å². The van der Waals surface area contributed by atoms with E-state index in [1.165, 1.54) is 18.9 Å².